The number of aromatic amines is 1. The maximum Gasteiger partial charge on any atom is 0.305 e. The zero-order valence-corrected chi connectivity index (χ0v) is 20.3. The van der Waals surface area contributed by atoms with Crippen LogP contribution in [-0.2, 0) is 9.59 Å². The first kappa shape index (κ1) is 21.4. The Bertz CT molecular complexity index is 1420. The third-order valence-electron chi connectivity index (χ3n) is 8.28. The molecule has 2 bridgehead atoms. The highest BCUT2D eigenvalue weighted by Crippen LogP contribution is 2.68. The molecule has 4 aliphatic rings. The summed E-state index contributed by atoms with van der Waals surface area (Å²) in [5, 5.41) is 0.963. The molecule has 6 nitrogen and oxygen atoms in total. The van der Waals surface area contributed by atoms with E-state index >= 15 is 0 Å². The monoisotopic (exact) mass is 508 g/mol. The normalized spacial score (nSPS) is 32.5. The lowest BCUT2D eigenvalue weighted by molar-refractivity contribution is -0.123. The number of amides is 2. The van der Waals surface area contributed by atoms with Crippen LogP contribution in [0, 0.1) is 35.4 Å². The topological polar surface area (TPSA) is 79.5 Å². The fraction of sp³-hybridized carbons (Fsp3) is 0.346. The smallest absolute Gasteiger partial charge is 0.305 e. The standard InChI is InChI=1S/C26H21FN2O4S2/c1-33-14-8-6-13(7-9-14)29-24(30)19-15-10-16(20(19)25(29)31)21-18(15)17(11-2-4-12(27)5-3-11)22-23(34-21)28-26(32)35-22/h2-9,15-21H,10H2,1H3,(H,28,32). The molecule has 3 aromatic rings. The van der Waals surface area contributed by atoms with E-state index in [0.717, 1.165) is 21.9 Å². The molecule has 3 heterocycles. The van der Waals surface area contributed by atoms with Gasteiger partial charge in [0, 0.05) is 16.0 Å². The summed E-state index contributed by atoms with van der Waals surface area (Å²) < 4.78 is 19.0. The average Bonchev–Trinajstić information content (AvgIpc) is 3.59. The SMILES string of the molecule is COc1ccc(N2C(=O)C3C4CC(C3C2=O)C2C(c3ccc(F)cc3)c3sc(=O)[nH]c3SC42)cc1. The average molecular weight is 509 g/mol. The van der Waals surface area contributed by atoms with E-state index < -0.39 is 0 Å². The number of benzene rings is 2. The van der Waals surface area contributed by atoms with E-state index in [0.29, 0.717) is 11.4 Å². The molecule has 35 heavy (non-hydrogen) atoms. The van der Waals surface area contributed by atoms with Crippen molar-refractivity contribution in [3.05, 3.63) is 74.5 Å². The number of rotatable bonds is 3. The van der Waals surface area contributed by atoms with Gasteiger partial charge in [-0.2, -0.15) is 0 Å². The maximum atomic E-state index is 13.7. The van der Waals surface area contributed by atoms with Crippen LogP contribution in [-0.4, -0.2) is 29.2 Å². The third-order valence-corrected chi connectivity index (χ3v) is 10.9. The number of methoxy groups -OCH3 is 1. The molecule has 7 unspecified atom stereocenters. The van der Waals surface area contributed by atoms with E-state index in [1.807, 2.05) is 0 Å². The van der Waals surface area contributed by atoms with Crippen LogP contribution in [0.4, 0.5) is 10.1 Å². The van der Waals surface area contributed by atoms with E-state index in [-0.39, 0.29) is 63.3 Å². The minimum absolute atomic E-state index is 0.0302. The molecule has 178 valence electrons. The molecular weight excluding hydrogens is 487 g/mol. The summed E-state index contributed by atoms with van der Waals surface area (Å²) in [6, 6.07) is 13.5. The van der Waals surface area contributed by atoms with Crippen LogP contribution >= 0.6 is 23.1 Å². The van der Waals surface area contributed by atoms with Gasteiger partial charge in [-0.3, -0.25) is 19.3 Å². The number of anilines is 1. The summed E-state index contributed by atoms with van der Waals surface area (Å²) in [4.78, 5) is 44.8. The van der Waals surface area contributed by atoms with Gasteiger partial charge in [0.25, 0.3) is 0 Å². The van der Waals surface area contributed by atoms with Crippen molar-refractivity contribution in [3.63, 3.8) is 0 Å². The Morgan fingerprint density at radius 3 is 2.34 bits per heavy atom. The van der Waals surface area contributed by atoms with Crippen LogP contribution in [0.1, 0.15) is 22.8 Å². The van der Waals surface area contributed by atoms with E-state index in [2.05, 4.69) is 4.98 Å². The van der Waals surface area contributed by atoms with E-state index in [4.69, 9.17) is 4.74 Å². The lowest BCUT2D eigenvalue weighted by atomic mass is 9.68. The Morgan fingerprint density at radius 1 is 0.971 bits per heavy atom. The van der Waals surface area contributed by atoms with Crippen LogP contribution in [0.5, 0.6) is 5.75 Å². The molecule has 1 aromatic heterocycles. The molecule has 0 spiro atoms. The fourth-order valence-corrected chi connectivity index (χ4v) is 9.93. The molecule has 0 radical (unpaired) electrons. The molecule has 2 aliphatic carbocycles. The summed E-state index contributed by atoms with van der Waals surface area (Å²) in [5.74, 6) is -0.525. The minimum Gasteiger partial charge on any atom is -0.497 e. The summed E-state index contributed by atoms with van der Waals surface area (Å²) in [7, 11) is 1.58. The summed E-state index contributed by atoms with van der Waals surface area (Å²) in [6.07, 6.45) is 0.822. The second kappa shape index (κ2) is 7.54. The molecule has 2 aromatic carbocycles. The number of carbonyl (C=O) groups excluding carboxylic acids is 2. The second-order valence-electron chi connectivity index (χ2n) is 9.72. The summed E-state index contributed by atoms with van der Waals surface area (Å²) in [6.45, 7) is 0. The molecule has 1 N–H and O–H groups in total. The number of H-pyrrole nitrogens is 1. The van der Waals surface area contributed by atoms with E-state index in [1.54, 1.807) is 55.3 Å². The molecule has 3 fully saturated rings. The molecule has 1 saturated heterocycles. The van der Waals surface area contributed by atoms with Gasteiger partial charge in [-0.1, -0.05) is 23.5 Å². The quantitative estimate of drug-likeness (QED) is 0.535. The summed E-state index contributed by atoms with van der Waals surface area (Å²) in [5.41, 5.74) is 1.52. The predicted molar refractivity (Wildman–Crippen MR) is 130 cm³/mol. The number of hydrogen-bond donors (Lipinski definition) is 1. The summed E-state index contributed by atoms with van der Waals surface area (Å²) >= 11 is 2.85. The third kappa shape index (κ3) is 2.91. The van der Waals surface area contributed by atoms with Gasteiger partial charge < -0.3 is 9.72 Å². The van der Waals surface area contributed by atoms with Crippen LogP contribution in [0.15, 0.2) is 58.4 Å². The number of nitrogens with one attached hydrogen (secondary N) is 1. The maximum absolute atomic E-state index is 13.7. The number of thiazole rings is 1. The van der Waals surface area contributed by atoms with Gasteiger partial charge in [0.05, 0.1) is 29.7 Å². The Morgan fingerprint density at radius 2 is 1.66 bits per heavy atom. The predicted octanol–water partition coefficient (Wildman–Crippen LogP) is 4.26. The molecular formula is C26H21FN2O4S2. The molecule has 2 saturated carbocycles. The van der Waals surface area contributed by atoms with Crippen molar-refractivity contribution in [3.8, 4) is 5.75 Å². The molecule has 7 rings (SSSR count). The number of thioether (sulfide) groups is 1. The van der Waals surface area contributed by atoms with Crippen molar-refractivity contribution in [1.82, 2.24) is 4.98 Å². The minimum atomic E-state index is -0.364. The van der Waals surface area contributed by atoms with Crippen molar-refractivity contribution in [2.45, 2.75) is 22.6 Å². The lowest BCUT2D eigenvalue weighted by Gasteiger charge is -2.43. The van der Waals surface area contributed by atoms with Crippen molar-refractivity contribution in [2.75, 3.05) is 12.0 Å². The Hall–Kier alpha value is -2.91. The van der Waals surface area contributed by atoms with Gasteiger partial charge in [-0.25, -0.2) is 4.39 Å². The highest BCUT2D eigenvalue weighted by molar-refractivity contribution is 8.00. The largest absolute Gasteiger partial charge is 0.497 e. The van der Waals surface area contributed by atoms with Crippen molar-refractivity contribution in [2.24, 2.45) is 29.6 Å². The highest BCUT2D eigenvalue weighted by Gasteiger charge is 2.69. The number of nitrogens with zero attached hydrogens (tertiary/aromatic N) is 1. The number of aromatic nitrogens is 1. The Labute approximate surface area is 208 Å². The highest BCUT2D eigenvalue weighted by atomic mass is 32.2. The number of halogens is 1. The van der Waals surface area contributed by atoms with Crippen LogP contribution in [0.25, 0.3) is 0 Å². The first-order valence-electron chi connectivity index (χ1n) is 11.6. The van der Waals surface area contributed by atoms with Crippen LogP contribution in [0.2, 0.25) is 0 Å². The van der Waals surface area contributed by atoms with Gasteiger partial charge in [0.2, 0.25) is 11.8 Å². The zero-order valence-electron chi connectivity index (χ0n) is 18.6. The second-order valence-corrected chi connectivity index (χ2v) is 11.9. The van der Waals surface area contributed by atoms with E-state index in [1.165, 1.54) is 28.4 Å². The van der Waals surface area contributed by atoms with Crippen LogP contribution in [0.3, 0.4) is 0 Å². The molecule has 7 atom stereocenters. The van der Waals surface area contributed by atoms with Crippen molar-refractivity contribution < 1.29 is 18.7 Å². The first-order valence-corrected chi connectivity index (χ1v) is 13.3. The van der Waals surface area contributed by atoms with Crippen LogP contribution < -0.4 is 14.5 Å². The van der Waals surface area contributed by atoms with Gasteiger partial charge in [0.1, 0.15) is 11.6 Å². The van der Waals surface area contributed by atoms with E-state index in [9.17, 15) is 18.8 Å². The van der Waals surface area contributed by atoms with Gasteiger partial charge >= 0.3 is 4.87 Å². The lowest BCUT2D eigenvalue weighted by Crippen LogP contribution is -2.42. The molecule has 9 heteroatoms. The van der Waals surface area contributed by atoms with Gasteiger partial charge in [0.15, 0.2) is 0 Å². The number of hydrogen-bond acceptors (Lipinski definition) is 6. The Balaban J connectivity index is 1.30. The fourth-order valence-electron chi connectivity index (χ4n) is 7.05. The number of imide groups is 1. The van der Waals surface area contributed by atoms with Gasteiger partial charge in [-0.05, 0) is 66.1 Å². The number of ether oxygens (including phenoxy) is 1. The first-order chi connectivity index (χ1) is 17.0. The van der Waals surface area contributed by atoms with Crippen molar-refractivity contribution >= 4 is 40.6 Å². The molecule has 2 amide bonds. The molecule has 2 aliphatic heterocycles. The van der Waals surface area contributed by atoms with Gasteiger partial charge in [-0.15, -0.1) is 11.8 Å². The van der Waals surface area contributed by atoms with Crippen molar-refractivity contribution in [1.29, 1.82) is 0 Å². The zero-order chi connectivity index (χ0) is 24.0. The number of fused-ring (bicyclic) bond motifs is 9. The Kier molecular flexibility index (Phi) is 4.61. The number of carbonyl (C=O) groups is 2.